The van der Waals surface area contributed by atoms with Crippen molar-refractivity contribution in [2.45, 2.75) is 43.9 Å². The summed E-state index contributed by atoms with van der Waals surface area (Å²) in [5, 5.41) is 3.58. The summed E-state index contributed by atoms with van der Waals surface area (Å²) in [5.74, 6) is 0.692. The van der Waals surface area contributed by atoms with Crippen LogP contribution in [-0.2, 0) is 11.3 Å². The Kier molecular flexibility index (Phi) is 3.99. The highest BCUT2D eigenvalue weighted by molar-refractivity contribution is 5.68. The Balaban J connectivity index is 1.43. The molecule has 3 heteroatoms. The molecule has 0 radical (unpaired) electrons. The zero-order valence-corrected chi connectivity index (χ0v) is 14.7. The van der Waals surface area contributed by atoms with Gasteiger partial charge in [0, 0.05) is 29.8 Å². The number of ether oxygens (including phenoxy) is 1. The molecule has 1 saturated heterocycles. The van der Waals surface area contributed by atoms with Gasteiger partial charge >= 0.3 is 0 Å². The lowest BCUT2D eigenvalue weighted by Crippen LogP contribution is -2.38. The number of anilines is 1. The van der Waals surface area contributed by atoms with Crippen LogP contribution in [0.1, 0.15) is 48.0 Å². The van der Waals surface area contributed by atoms with Crippen LogP contribution in [0.2, 0.25) is 0 Å². The van der Waals surface area contributed by atoms with Crippen molar-refractivity contribution in [2.75, 3.05) is 24.5 Å². The Hall–Kier alpha value is -1.84. The molecule has 0 bridgehead atoms. The van der Waals surface area contributed by atoms with Gasteiger partial charge in [0.25, 0.3) is 0 Å². The molecule has 3 unspecified atom stereocenters. The summed E-state index contributed by atoms with van der Waals surface area (Å²) < 4.78 is 6.37. The standard InChI is InChI=1S/C22H26N2O/c1-2-5-16(6-3-1)15-25-21-11-14-24-20-10-13-23-12-9-17(20)18-7-4-8-19(21)22(18)24/h1-8,17,20-21,23H,9-15H2. The third kappa shape index (κ3) is 2.66. The molecule has 1 fully saturated rings. The minimum Gasteiger partial charge on any atom is -0.369 e. The maximum absolute atomic E-state index is 6.37. The number of hydrogen-bond acceptors (Lipinski definition) is 3. The van der Waals surface area contributed by atoms with E-state index in [1.165, 1.54) is 29.7 Å². The number of para-hydroxylation sites is 1. The highest BCUT2D eigenvalue weighted by atomic mass is 16.5. The van der Waals surface area contributed by atoms with Gasteiger partial charge in [0.15, 0.2) is 0 Å². The minimum atomic E-state index is 0.229. The lowest BCUT2D eigenvalue weighted by molar-refractivity contribution is 0.0323. The number of nitrogens with zero attached hydrogens (tertiary/aromatic N) is 1. The lowest BCUT2D eigenvalue weighted by Gasteiger charge is -2.36. The van der Waals surface area contributed by atoms with Crippen molar-refractivity contribution in [3.63, 3.8) is 0 Å². The first-order valence-corrected chi connectivity index (χ1v) is 9.67. The van der Waals surface area contributed by atoms with Crippen molar-refractivity contribution < 1.29 is 4.74 Å². The van der Waals surface area contributed by atoms with Crippen LogP contribution < -0.4 is 10.2 Å². The van der Waals surface area contributed by atoms with E-state index in [2.05, 4.69) is 58.7 Å². The van der Waals surface area contributed by atoms with Crippen molar-refractivity contribution >= 4 is 5.69 Å². The molecule has 5 rings (SSSR count). The van der Waals surface area contributed by atoms with Gasteiger partial charge in [0.2, 0.25) is 0 Å². The predicted molar refractivity (Wildman–Crippen MR) is 101 cm³/mol. The lowest BCUT2D eigenvalue weighted by atomic mass is 9.90. The topological polar surface area (TPSA) is 24.5 Å². The summed E-state index contributed by atoms with van der Waals surface area (Å²) in [6.45, 7) is 4.12. The van der Waals surface area contributed by atoms with Gasteiger partial charge in [0.05, 0.1) is 12.7 Å². The van der Waals surface area contributed by atoms with Gasteiger partial charge in [-0.05, 0) is 43.5 Å². The van der Waals surface area contributed by atoms with E-state index >= 15 is 0 Å². The number of hydrogen-bond donors (Lipinski definition) is 1. The molecule has 25 heavy (non-hydrogen) atoms. The molecule has 2 aromatic carbocycles. The highest BCUT2D eigenvalue weighted by Crippen LogP contribution is 2.51. The van der Waals surface area contributed by atoms with E-state index in [0.717, 1.165) is 26.1 Å². The SMILES string of the molecule is c1ccc(COC2CCN3c4c2cccc4C2CCNCCC23)cc1. The summed E-state index contributed by atoms with van der Waals surface area (Å²) >= 11 is 0. The summed E-state index contributed by atoms with van der Waals surface area (Å²) in [5.41, 5.74) is 5.75. The number of benzene rings is 2. The Morgan fingerprint density at radius 2 is 1.76 bits per heavy atom. The second kappa shape index (κ2) is 6.47. The Morgan fingerprint density at radius 3 is 2.68 bits per heavy atom. The van der Waals surface area contributed by atoms with Crippen LogP contribution in [-0.4, -0.2) is 25.7 Å². The quantitative estimate of drug-likeness (QED) is 0.918. The molecule has 0 aromatic heterocycles. The maximum Gasteiger partial charge on any atom is 0.0866 e. The normalized spacial score (nSPS) is 27.5. The number of nitrogens with one attached hydrogen (secondary N) is 1. The molecule has 3 aliphatic heterocycles. The zero-order valence-electron chi connectivity index (χ0n) is 14.7. The number of rotatable bonds is 3. The fourth-order valence-corrected chi connectivity index (χ4v) is 5.03. The highest BCUT2D eigenvalue weighted by Gasteiger charge is 2.43. The molecular formula is C22H26N2O. The van der Waals surface area contributed by atoms with Crippen molar-refractivity contribution in [2.24, 2.45) is 0 Å². The van der Waals surface area contributed by atoms with Crippen molar-refractivity contribution in [3.8, 4) is 0 Å². The summed E-state index contributed by atoms with van der Waals surface area (Å²) in [4.78, 5) is 2.70. The van der Waals surface area contributed by atoms with Gasteiger partial charge in [-0.1, -0.05) is 48.5 Å². The molecule has 3 atom stereocenters. The molecule has 0 aliphatic carbocycles. The summed E-state index contributed by atoms with van der Waals surface area (Å²) in [7, 11) is 0. The second-order valence-corrected chi connectivity index (χ2v) is 7.55. The predicted octanol–water partition coefficient (Wildman–Crippen LogP) is 4.00. The van der Waals surface area contributed by atoms with E-state index in [1.54, 1.807) is 5.56 Å². The molecule has 0 saturated carbocycles. The fraction of sp³-hybridized carbons (Fsp3) is 0.455. The molecule has 3 aliphatic rings. The molecule has 130 valence electrons. The van der Waals surface area contributed by atoms with Crippen molar-refractivity contribution in [1.29, 1.82) is 0 Å². The first-order chi connectivity index (χ1) is 12.4. The second-order valence-electron chi connectivity index (χ2n) is 7.55. The van der Waals surface area contributed by atoms with Gasteiger partial charge in [-0.3, -0.25) is 0 Å². The Bertz CT molecular complexity index is 745. The van der Waals surface area contributed by atoms with Gasteiger partial charge < -0.3 is 15.0 Å². The monoisotopic (exact) mass is 334 g/mol. The maximum atomic E-state index is 6.37. The molecule has 0 spiro atoms. The van der Waals surface area contributed by atoms with Crippen LogP contribution in [0.3, 0.4) is 0 Å². The first kappa shape index (κ1) is 15.4. The first-order valence-electron chi connectivity index (χ1n) is 9.67. The van der Waals surface area contributed by atoms with Gasteiger partial charge in [0.1, 0.15) is 0 Å². The molecule has 2 aromatic rings. The molecule has 0 amide bonds. The third-order valence-electron chi connectivity index (χ3n) is 6.17. The summed E-state index contributed by atoms with van der Waals surface area (Å²) in [6, 6.07) is 18.1. The summed E-state index contributed by atoms with van der Waals surface area (Å²) in [6.07, 6.45) is 3.84. The van der Waals surface area contributed by atoms with E-state index in [-0.39, 0.29) is 6.10 Å². The molecule has 3 nitrogen and oxygen atoms in total. The van der Waals surface area contributed by atoms with Gasteiger partial charge in [-0.2, -0.15) is 0 Å². The van der Waals surface area contributed by atoms with E-state index in [9.17, 15) is 0 Å². The van der Waals surface area contributed by atoms with E-state index < -0.39 is 0 Å². The Labute approximate surface area is 150 Å². The van der Waals surface area contributed by atoms with Crippen LogP contribution in [0.15, 0.2) is 48.5 Å². The average Bonchev–Trinajstić information content (AvgIpc) is 2.82. The number of fused-ring (bicyclic) bond motifs is 3. The largest absolute Gasteiger partial charge is 0.369 e. The van der Waals surface area contributed by atoms with Crippen LogP contribution in [0, 0.1) is 0 Å². The van der Waals surface area contributed by atoms with E-state index in [4.69, 9.17) is 4.74 Å². The van der Waals surface area contributed by atoms with Gasteiger partial charge in [-0.15, -0.1) is 0 Å². The van der Waals surface area contributed by atoms with E-state index in [1.807, 2.05) is 0 Å². The zero-order chi connectivity index (χ0) is 16.6. The average molecular weight is 334 g/mol. The molecular weight excluding hydrogens is 308 g/mol. The van der Waals surface area contributed by atoms with Crippen molar-refractivity contribution in [1.82, 2.24) is 5.32 Å². The minimum absolute atomic E-state index is 0.229. The van der Waals surface area contributed by atoms with Gasteiger partial charge in [-0.25, -0.2) is 0 Å². The van der Waals surface area contributed by atoms with Crippen LogP contribution >= 0.6 is 0 Å². The molecule has 1 N–H and O–H groups in total. The third-order valence-corrected chi connectivity index (χ3v) is 6.17. The van der Waals surface area contributed by atoms with Crippen LogP contribution in [0.5, 0.6) is 0 Å². The van der Waals surface area contributed by atoms with Crippen molar-refractivity contribution in [3.05, 3.63) is 65.2 Å². The molecule has 3 heterocycles. The van der Waals surface area contributed by atoms with E-state index in [0.29, 0.717) is 18.6 Å². The van der Waals surface area contributed by atoms with Crippen LogP contribution in [0.25, 0.3) is 0 Å². The van der Waals surface area contributed by atoms with Crippen LogP contribution in [0.4, 0.5) is 5.69 Å². The fourth-order valence-electron chi connectivity index (χ4n) is 5.03. The smallest absolute Gasteiger partial charge is 0.0866 e. The Morgan fingerprint density at radius 1 is 0.920 bits per heavy atom.